The van der Waals surface area contributed by atoms with Crippen LogP contribution >= 0.6 is 0 Å². The SMILES string of the molecule is COc1ccc(/C=C/C(=O)Nc2ccc(S(=O)(=O)N3CCCCCC3)cc2)c(OC)c1OC. The van der Waals surface area contributed by atoms with Crippen LogP contribution in [0, 0.1) is 0 Å². The highest BCUT2D eigenvalue weighted by Crippen LogP contribution is 2.40. The van der Waals surface area contributed by atoms with Crippen LogP contribution in [-0.4, -0.2) is 53.0 Å². The van der Waals surface area contributed by atoms with Gasteiger partial charge in [0.15, 0.2) is 11.5 Å². The topological polar surface area (TPSA) is 94.2 Å². The standard InChI is InChI=1S/C24H30N2O6S/c1-30-21-14-8-18(23(31-2)24(21)32-3)9-15-22(27)25-19-10-12-20(13-11-19)33(28,29)26-16-6-4-5-7-17-26/h8-15H,4-7,16-17H2,1-3H3,(H,25,27)/b15-9+. The molecule has 0 spiro atoms. The molecule has 1 aliphatic heterocycles. The van der Waals surface area contributed by atoms with Gasteiger partial charge in [-0.3, -0.25) is 4.79 Å². The van der Waals surface area contributed by atoms with Crippen LogP contribution in [0.5, 0.6) is 17.2 Å². The van der Waals surface area contributed by atoms with Gasteiger partial charge in [0.2, 0.25) is 21.7 Å². The number of amides is 1. The second-order valence-electron chi connectivity index (χ2n) is 7.59. The van der Waals surface area contributed by atoms with Crippen molar-refractivity contribution in [1.29, 1.82) is 0 Å². The van der Waals surface area contributed by atoms with Crippen LogP contribution in [0.25, 0.3) is 6.08 Å². The highest BCUT2D eigenvalue weighted by atomic mass is 32.2. The Kier molecular flexibility index (Phi) is 8.35. The predicted molar refractivity (Wildman–Crippen MR) is 127 cm³/mol. The molecule has 0 saturated carbocycles. The number of methoxy groups -OCH3 is 3. The molecule has 0 atom stereocenters. The maximum absolute atomic E-state index is 12.9. The lowest BCUT2D eigenvalue weighted by Gasteiger charge is -2.20. The van der Waals surface area contributed by atoms with E-state index in [1.54, 1.807) is 34.6 Å². The molecule has 0 bridgehead atoms. The van der Waals surface area contributed by atoms with Gasteiger partial charge in [0.1, 0.15) is 0 Å². The Morgan fingerprint density at radius 3 is 2.09 bits per heavy atom. The maximum atomic E-state index is 12.9. The second-order valence-corrected chi connectivity index (χ2v) is 9.53. The van der Waals surface area contributed by atoms with Crippen molar-refractivity contribution in [2.75, 3.05) is 39.7 Å². The van der Waals surface area contributed by atoms with E-state index < -0.39 is 10.0 Å². The zero-order chi connectivity index (χ0) is 23.8. The normalized spacial score (nSPS) is 15.1. The molecule has 0 unspecified atom stereocenters. The Morgan fingerprint density at radius 1 is 0.879 bits per heavy atom. The monoisotopic (exact) mass is 474 g/mol. The number of ether oxygens (including phenoxy) is 3. The smallest absolute Gasteiger partial charge is 0.248 e. The number of hydrogen-bond donors (Lipinski definition) is 1. The summed E-state index contributed by atoms with van der Waals surface area (Å²) in [7, 11) is 1.03. The third kappa shape index (κ3) is 5.85. The molecule has 2 aromatic carbocycles. The summed E-state index contributed by atoms with van der Waals surface area (Å²) < 4.78 is 43.4. The molecule has 33 heavy (non-hydrogen) atoms. The Hall–Kier alpha value is -3.04. The van der Waals surface area contributed by atoms with Crippen LogP contribution in [0.1, 0.15) is 31.2 Å². The van der Waals surface area contributed by atoms with Gasteiger partial charge in [-0.1, -0.05) is 12.8 Å². The van der Waals surface area contributed by atoms with Crippen molar-refractivity contribution in [1.82, 2.24) is 4.31 Å². The van der Waals surface area contributed by atoms with Crippen molar-refractivity contribution in [3.63, 3.8) is 0 Å². The molecule has 8 nitrogen and oxygen atoms in total. The van der Waals surface area contributed by atoms with Gasteiger partial charge in [-0.2, -0.15) is 4.31 Å². The number of hydrogen-bond acceptors (Lipinski definition) is 6. The molecule has 0 aromatic heterocycles. The minimum absolute atomic E-state index is 0.230. The molecule has 9 heteroatoms. The number of anilines is 1. The quantitative estimate of drug-likeness (QED) is 0.583. The van der Waals surface area contributed by atoms with E-state index in [0.29, 0.717) is 41.6 Å². The van der Waals surface area contributed by atoms with Gasteiger partial charge >= 0.3 is 0 Å². The van der Waals surface area contributed by atoms with Crippen LogP contribution in [0.4, 0.5) is 5.69 Å². The van der Waals surface area contributed by atoms with Gasteiger partial charge in [0.05, 0.1) is 26.2 Å². The summed E-state index contributed by atoms with van der Waals surface area (Å²) in [6, 6.07) is 9.71. The summed E-state index contributed by atoms with van der Waals surface area (Å²) in [5.41, 5.74) is 1.14. The summed E-state index contributed by atoms with van der Waals surface area (Å²) in [6.07, 6.45) is 6.84. The summed E-state index contributed by atoms with van der Waals surface area (Å²) in [6.45, 7) is 1.09. The van der Waals surface area contributed by atoms with E-state index in [4.69, 9.17) is 14.2 Å². The van der Waals surface area contributed by atoms with E-state index in [1.165, 1.54) is 39.5 Å². The zero-order valence-electron chi connectivity index (χ0n) is 19.2. The highest BCUT2D eigenvalue weighted by molar-refractivity contribution is 7.89. The second kappa shape index (κ2) is 11.2. The molecular weight excluding hydrogens is 444 g/mol. The van der Waals surface area contributed by atoms with Crippen molar-refractivity contribution in [3.8, 4) is 17.2 Å². The number of carbonyl (C=O) groups is 1. The van der Waals surface area contributed by atoms with Crippen molar-refractivity contribution < 1.29 is 27.4 Å². The number of benzene rings is 2. The molecule has 1 heterocycles. The van der Waals surface area contributed by atoms with Crippen LogP contribution < -0.4 is 19.5 Å². The fourth-order valence-electron chi connectivity index (χ4n) is 3.75. The van der Waals surface area contributed by atoms with Crippen molar-refractivity contribution in [2.45, 2.75) is 30.6 Å². The third-order valence-corrected chi connectivity index (χ3v) is 7.39. The average Bonchev–Trinajstić information content (AvgIpc) is 3.12. The fourth-order valence-corrected chi connectivity index (χ4v) is 5.26. The van der Waals surface area contributed by atoms with Gasteiger partial charge in [-0.05, 0) is 55.3 Å². The predicted octanol–water partition coefficient (Wildman–Crippen LogP) is 3.93. The lowest BCUT2D eigenvalue weighted by atomic mass is 10.1. The van der Waals surface area contributed by atoms with Gasteiger partial charge in [-0.25, -0.2) is 8.42 Å². The molecular formula is C24H30N2O6S. The van der Waals surface area contributed by atoms with Crippen molar-refractivity contribution >= 4 is 27.7 Å². The number of sulfonamides is 1. The van der Waals surface area contributed by atoms with Gasteiger partial charge < -0.3 is 19.5 Å². The van der Waals surface area contributed by atoms with E-state index in [2.05, 4.69) is 5.32 Å². The molecule has 1 saturated heterocycles. The van der Waals surface area contributed by atoms with Crippen LogP contribution in [0.15, 0.2) is 47.4 Å². The fraction of sp³-hybridized carbons (Fsp3) is 0.375. The Morgan fingerprint density at radius 2 is 1.52 bits per heavy atom. The average molecular weight is 475 g/mol. The van der Waals surface area contributed by atoms with Gasteiger partial charge in [-0.15, -0.1) is 0 Å². The maximum Gasteiger partial charge on any atom is 0.248 e. The van der Waals surface area contributed by atoms with E-state index in [1.807, 2.05) is 0 Å². The minimum atomic E-state index is -3.53. The molecule has 1 fully saturated rings. The van der Waals surface area contributed by atoms with Crippen LogP contribution in [-0.2, 0) is 14.8 Å². The molecule has 0 aliphatic carbocycles. The van der Waals surface area contributed by atoms with Crippen LogP contribution in [0.2, 0.25) is 0 Å². The van der Waals surface area contributed by atoms with Crippen molar-refractivity contribution in [3.05, 3.63) is 48.0 Å². The Bertz CT molecular complexity index is 1090. The zero-order valence-corrected chi connectivity index (χ0v) is 20.0. The van der Waals surface area contributed by atoms with E-state index >= 15 is 0 Å². The van der Waals surface area contributed by atoms with Gasteiger partial charge in [0.25, 0.3) is 0 Å². The first-order valence-corrected chi connectivity index (χ1v) is 12.2. The first-order chi connectivity index (χ1) is 15.9. The summed E-state index contributed by atoms with van der Waals surface area (Å²) in [4.78, 5) is 12.6. The van der Waals surface area contributed by atoms with Crippen molar-refractivity contribution in [2.24, 2.45) is 0 Å². The van der Waals surface area contributed by atoms with E-state index in [9.17, 15) is 13.2 Å². The number of rotatable bonds is 8. The summed E-state index contributed by atoms with van der Waals surface area (Å²) in [5, 5.41) is 2.74. The summed E-state index contributed by atoms with van der Waals surface area (Å²) >= 11 is 0. The highest BCUT2D eigenvalue weighted by Gasteiger charge is 2.25. The van der Waals surface area contributed by atoms with E-state index in [0.717, 1.165) is 25.7 Å². The molecule has 0 radical (unpaired) electrons. The van der Waals surface area contributed by atoms with E-state index in [-0.39, 0.29) is 10.8 Å². The molecule has 1 aliphatic rings. The Labute approximate surface area is 195 Å². The molecule has 178 valence electrons. The molecule has 2 aromatic rings. The largest absolute Gasteiger partial charge is 0.493 e. The van der Waals surface area contributed by atoms with Gasteiger partial charge in [0, 0.05) is 30.4 Å². The third-order valence-electron chi connectivity index (χ3n) is 5.47. The first-order valence-electron chi connectivity index (χ1n) is 10.8. The Balaban J connectivity index is 1.69. The van der Waals surface area contributed by atoms with Crippen LogP contribution in [0.3, 0.4) is 0 Å². The number of carbonyl (C=O) groups excluding carboxylic acids is 1. The summed E-state index contributed by atoms with van der Waals surface area (Å²) in [5.74, 6) is 1.04. The molecule has 1 N–H and O–H groups in total. The minimum Gasteiger partial charge on any atom is -0.493 e. The first kappa shape index (κ1) is 24.6. The lowest BCUT2D eigenvalue weighted by Crippen LogP contribution is -2.31. The lowest BCUT2D eigenvalue weighted by molar-refractivity contribution is -0.111. The number of nitrogens with one attached hydrogen (secondary N) is 1. The number of nitrogens with zero attached hydrogens (tertiary/aromatic N) is 1. The molecule has 3 rings (SSSR count). The molecule has 1 amide bonds.